The summed E-state index contributed by atoms with van der Waals surface area (Å²) in [6, 6.07) is 10.5. The average molecular weight is 325 g/mol. The van der Waals surface area contributed by atoms with E-state index >= 15 is 0 Å². The van der Waals surface area contributed by atoms with Crippen LogP contribution in [0.4, 0.5) is 4.79 Å². The third-order valence-corrected chi connectivity index (χ3v) is 4.66. The van der Waals surface area contributed by atoms with Crippen LogP contribution >= 0.6 is 12.4 Å². The van der Waals surface area contributed by atoms with Gasteiger partial charge in [-0.3, -0.25) is 0 Å². The van der Waals surface area contributed by atoms with E-state index in [0.717, 1.165) is 13.1 Å². The lowest BCUT2D eigenvalue weighted by Crippen LogP contribution is -2.40. The first kappa shape index (κ1) is 17.1. The van der Waals surface area contributed by atoms with E-state index in [2.05, 4.69) is 34.9 Å². The SMILES string of the molecule is CC(C)(C)OC(=O)NCC1(c2ccccc2)[C@@H]2CNC[C@@H]21.Cl. The molecule has 1 saturated heterocycles. The highest BCUT2D eigenvalue weighted by Crippen LogP contribution is 2.61. The monoisotopic (exact) mass is 324 g/mol. The molecule has 0 bridgehead atoms. The molecule has 0 spiro atoms. The lowest BCUT2D eigenvalue weighted by molar-refractivity contribution is 0.0520. The maximum atomic E-state index is 11.9. The van der Waals surface area contributed by atoms with Gasteiger partial charge in [0.2, 0.25) is 0 Å². The Labute approximate surface area is 138 Å². The minimum absolute atomic E-state index is 0. The molecule has 1 aliphatic carbocycles. The fourth-order valence-electron chi connectivity index (χ4n) is 3.72. The van der Waals surface area contributed by atoms with Crippen LogP contribution in [0.3, 0.4) is 0 Å². The molecule has 2 aliphatic rings. The molecule has 2 N–H and O–H groups in total. The van der Waals surface area contributed by atoms with Gasteiger partial charge in [-0.05, 0) is 51.3 Å². The molecule has 1 aliphatic heterocycles. The second-order valence-corrected chi connectivity index (χ2v) is 7.13. The number of fused-ring (bicyclic) bond motifs is 1. The number of amides is 1. The van der Waals surface area contributed by atoms with Gasteiger partial charge in [0, 0.05) is 12.0 Å². The van der Waals surface area contributed by atoms with Crippen molar-refractivity contribution in [3.63, 3.8) is 0 Å². The van der Waals surface area contributed by atoms with Crippen LogP contribution in [0.2, 0.25) is 0 Å². The van der Waals surface area contributed by atoms with E-state index in [1.807, 2.05) is 26.8 Å². The van der Waals surface area contributed by atoms with Crippen molar-refractivity contribution in [3.05, 3.63) is 35.9 Å². The first-order valence-corrected chi connectivity index (χ1v) is 7.66. The number of piperidine rings is 1. The van der Waals surface area contributed by atoms with E-state index in [4.69, 9.17) is 4.74 Å². The number of alkyl carbamates (subject to hydrolysis) is 1. The number of carbonyl (C=O) groups excluding carboxylic acids is 1. The Morgan fingerprint density at radius 2 is 1.86 bits per heavy atom. The highest BCUT2D eigenvalue weighted by molar-refractivity contribution is 5.85. The van der Waals surface area contributed by atoms with Gasteiger partial charge < -0.3 is 15.4 Å². The van der Waals surface area contributed by atoms with E-state index in [-0.39, 0.29) is 23.9 Å². The Hall–Kier alpha value is -1.26. The summed E-state index contributed by atoms with van der Waals surface area (Å²) in [6.07, 6.45) is -0.323. The summed E-state index contributed by atoms with van der Waals surface area (Å²) in [5, 5.41) is 6.41. The fourth-order valence-corrected chi connectivity index (χ4v) is 3.72. The standard InChI is InChI=1S/C17H24N2O2.ClH/c1-16(2,3)21-15(20)19-11-17(12-7-5-4-6-8-12)13-9-18-10-14(13)17;/h4-8,13-14,18H,9-11H2,1-3H3,(H,19,20);1H/t13-,14+,17?;. The molecule has 3 rings (SSSR count). The van der Waals surface area contributed by atoms with E-state index in [1.54, 1.807) is 0 Å². The Morgan fingerprint density at radius 1 is 1.27 bits per heavy atom. The van der Waals surface area contributed by atoms with Gasteiger partial charge in [0.25, 0.3) is 0 Å². The maximum Gasteiger partial charge on any atom is 0.407 e. The summed E-state index contributed by atoms with van der Waals surface area (Å²) >= 11 is 0. The average Bonchev–Trinajstić information content (AvgIpc) is 2.79. The van der Waals surface area contributed by atoms with Gasteiger partial charge in [0.05, 0.1) is 0 Å². The quantitative estimate of drug-likeness (QED) is 0.899. The van der Waals surface area contributed by atoms with E-state index in [9.17, 15) is 4.79 Å². The van der Waals surface area contributed by atoms with Gasteiger partial charge in [-0.2, -0.15) is 0 Å². The van der Waals surface area contributed by atoms with Crippen LogP contribution in [0, 0.1) is 11.8 Å². The summed E-state index contributed by atoms with van der Waals surface area (Å²) < 4.78 is 5.35. The number of hydrogen-bond donors (Lipinski definition) is 2. The largest absolute Gasteiger partial charge is 0.444 e. The third-order valence-electron chi connectivity index (χ3n) is 4.66. The molecule has 0 radical (unpaired) electrons. The van der Waals surface area contributed by atoms with Gasteiger partial charge >= 0.3 is 6.09 Å². The van der Waals surface area contributed by atoms with Crippen LogP contribution in [-0.4, -0.2) is 31.3 Å². The summed E-state index contributed by atoms with van der Waals surface area (Å²) in [5.74, 6) is 1.24. The summed E-state index contributed by atoms with van der Waals surface area (Å²) in [6.45, 7) is 8.38. The molecule has 0 aromatic heterocycles. The van der Waals surface area contributed by atoms with Crippen LogP contribution in [0.1, 0.15) is 26.3 Å². The van der Waals surface area contributed by atoms with Crippen LogP contribution in [-0.2, 0) is 10.2 Å². The summed E-state index contributed by atoms with van der Waals surface area (Å²) in [7, 11) is 0. The van der Waals surface area contributed by atoms with Crippen molar-refractivity contribution in [2.75, 3.05) is 19.6 Å². The molecule has 1 aromatic carbocycles. The Balaban J connectivity index is 0.00000176. The van der Waals surface area contributed by atoms with Crippen molar-refractivity contribution in [2.45, 2.75) is 31.8 Å². The summed E-state index contributed by atoms with van der Waals surface area (Å²) in [4.78, 5) is 11.9. The lowest BCUT2D eigenvalue weighted by atomic mass is 9.90. The molecule has 1 heterocycles. The van der Waals surface area contributed by atoms with Crippen LogP contribution in [0.5, 0.6) is 0 Å². The van der Waals surface area contributed by atoms with Crippen LogP contribution < -0.4 is 10.6 Å². The van der Waals surface area contributed by atoms with Gasteiger partial charge in [0.1, 0.15) is 5.60 Å². The normalized spacial score (nSPS) is 29.2. The zero-order chi connectivity index (χ0) is 15.1. The van der Waals surface area contributed by atoms with Crippen molar-refractivity contribution in [1.82, 2.24) is 10.6 Å². The van der Waals surface area contributed by atoms with Crippen LogP contribution in [0.25, 0.3) is 0 Å². The molecule has 1 amide bonds. The molecule has 1 aromatic rings. The predicted octanol–water partition coefficient (Wildman–Crippen LogP) is 2.72. The van der Waals surface area contributed by atoms with E-state index in [1.165, 1.54) is 5.56 Å². The zero-order valence-corrected chi connectivity index (χ0v) is 14.2. The Morgan fingerprint density at radius 3 is 2.41 bits per heavy atom. The number of carbonyl (C=O) groups is 1. The zero-order valence-electron chi connectivity index (χ0n) is 13.4. The number of nitrogens with one attached hydrogen (secondary N) is 2. The van der Waals surface area contributed by atoms with Crippen LogP contribution in [0.15, 0.2) is 30.3 Å². The molecule has 5 heteroatoms. The topological polar surface area (TPSA) is 50.4 Å². The molecule has 122 valence electrons. The Kier molecular flexibility index (Phi) is 4.73. The van der Waals surface area contributed by atoms with Gasteiger partial charge in [-0.1, -0.05) is 30.3 Å². The number of benzene rings is 1. The lowest BCUT2D eigenvalue weighted by Gasteiger charge is -2.24. The second-order valence-electron chi connectivity index (χ2n) is 7.13. The van der Waals surface area contributed by atoms with Gasteiger partial charge in [-0.25, -0.2) is 4.79 Å². The van der Waals surface area contributed by atoms with Gasteiger partial charge in [-0.15, -0.1) is 12.4 Å². The molecule has 2 fully saturated rings. The molecule has 3 atom stereocenters. The highest BCUT2D eigenvalue weighted by Gasteiger charge is 2.66. The van der Waals surface area contributed by atoms with E-state index < -0.39 is 5.60 Å². The first-order chi connectivity index (χ1) is 9.93. The molecular formula is C17H25ClN2O2. The number of ether oxygens (including phenoxy) is 1. The molecule has 1 saturated carbocycles. The molecule has 22 heavy (non-hydrogen) atoms. The minimum Gasteiger partial charge on any atom is -0.444 e. The summed E-state index contributed by atoms with van der Waals surface area (Å²) in [5.41, 5.74) is 0.964. The predicted molar refractivity (Wildman–Crippen MR) is 89.5 cm³/mol. The molecule has 4 nitrogen and oxygen atoms in total. The smallest absolute Gasteiger partial charge is 0.407 e. The van der Waals surface area contributed by atoms with Crippen molar-refractivity contribution in [1.29, 1.82) is 0 Å². The minimum atomic E-state index is -0.453. The second kappa shape index (κ2) is 6.09. The van der Waals surface area contributed by atoms with Gasteiger partial charge in [0.15, 0.2) is 0 Å². The number of rotatable bonds is 3. The van der Waals surface area contributed by atoms with Crippen molar-refractivity contribution >= 4 is 18.5 Å². The van der Waals surface area contributed by atoms with E-state index in [0.29, 0.717) is 18.4 Å². The number of halogens is 1. The molecular weight excluding hydrogens is 300 g/mol. The van der Waals surface area contributed by atoms with Crippen molar-refractivity contribution in [2.24, 2.45) is 11.8 Å². The highest BCUT2D eigenvalue weighted by atomic mass is 35.5. The maximum absolute atomic E-state index is 11.9. The fraction of sp³-hybridized carbons (Fsp3) is 0.588. The van der Waals surface area contributed by atoms with Crippen molar-refractivity contribution in [3.8, 4) is 0 Å². The van der Waals surface area contributed by atoms with Crippen molar-refractivity contribution < 1.29 is 9.53 Å². The Bertz CT molecular complexity index is 517. The number of hydrogen-bond acceptors (Lipinski definition) is 3. The first-order valence-electron chi connectivity index (χ1n) is 7.66. The molecule has 1 unspecified atom stereocenters. The third kappa shape index (κ3) is 3.08.